The smallest absolute Gasteiger partial charge is 0.146 e. The highest BCUT2D eigenvalue weighted by molar-refractivity contribution is 5.43. The van der Waals surface area contributed by atoms with Gasteiger partial charge in [-0.3, -0.25) is 9.82 Å². The van der Waals surface area contributed by atoms with Gasteiger partial charge in [0.2, 0.25) is 0 Å². The maximum Gasteiger partial charge on any atom is 0.146 e. The van der Waals surface area contributed by atoms with Crippen LogP contribution in [-0.2, 0) is 16.2 Å². The molecule has 0 fully saturated rings. The lowest BCUT2D eigenvalue weighted by Crippen LogP contribution is -2.12. The number of aryl methyl sites for hydroxylation is 1. The van der Waals surface area contributed by atoms with E-state index in [0.29, 0.717) is 12.4 Å². The third-order valence-electron chi connectivity index (χ3n) is 2.45. The first kappa shape index (κ1) is 12.9. The largest absolute Gasteiger partial charge is 0.494 e. The summed E-state index contributed by atoms with van der Waals surface area (Å²) < 4.78 is 10.4. The summed E-state index contributed by atoms with van der Waals surface area (Å²) in [4.78, 5) is 9.10. The predicted molar refractivity (Wildman–Crippen MR) is 59.9 cm³/mol. The summed E-state index contributed by atoms with van der Waals surface area (Å²) in [5.41, 5.74) is 2.61. The van der Waals surface area contributed by atoms with E-state index in [1.54, 1.807) is 20.4 Å². The normalized spacial score (nSPS) is 12.6. The average Bonchev–Trinajstić information content (AvgIpc) is 2.30. The summed E-state index contributed by atoms with van der Waals surface area (Å²) in [5.74, 6) is 5.93. The number of ether oxygens (including phenoxy) is 2. The van der Waals surface area contributed by atoms with Crippen molar-refractivity contribution < 1.29 is 14.3 Å². The highest BCUT2D eigenvalue weighted by Crippen LogP contribution is 2.32. The van der Waals surface area contributed by atoms with E-state index in [1.165, 1.54) is 0 Å². The van der Waals surface area contributed by atoms with Crippen LogP contribution in [0.1, 0.15) is 29.8 Å². The van der Waals surface area contributed by atoms with Gasteiger partial charge < -0.3 is 9.47 Å². The average molecular weight is 226 g/mol. The van der Waals surface area contributed by atoms with Crippen molar-refractivity contribution in [3.63, 3.8) is 0 Å². The molecular weight excluding hydrogens is 208 g/mol. The topological polar surface area (TPSA) is 66.6 Å². The van der Waals surface area contributed by atoms with Gasteiger partial charge in [0.25, 0.3) is 0 Å². The van der Waals surface area contributed by atoms with Crippen LogP contribution in [0.2, 0.25) is 0 Å². The van der Waals surface area contributed by atoms with E-state index >= 15 is 0 Å². The number of nitrogens with two attached hydrogens (primary N) is 1. The van der Waals surface area contributed by atoms with Crippen molar-refractivity contribution >= 4 is 0 Å². The molecule has 0 radical (unpaired) electrons. The number of nitrogens with zero attached hydrogens (tertiary/aromatic N) is 1. The van der Waals surface area contributed by atoms with E-state index in [4.69, 9.17) is 20.2 Å². The first-order valence-electron chi connectivity index (χ1n) is 5.02. The number of hydrogen-bond acceptors (Lipinski definition) is 5. The fourth-order valence-electron chi connectivity index (χ4n) is 1.69. The predicted octanol–water partition coefficient (Wildman–Crippen LogP) is 1.50. The van der Waals surface area contributed by atoms with Crippen LogP contribution in [-0.4, -0.2) is 19.2 Å². The van der Waals surface area contributed by atoms with Crippen molar-refractivity contribution in [2.24, 2.45) is 5.90 Å². The molecule has 0 aromatic carbocycles. The van der Waals surface area contributed by atoms with E-state index in [2.05, 4.69) is 4.98 Å². The molecule has 90 valence electrons. The zero-order valence-electron chi connectivity index (χ0n) is 10.1. The zero-order valence-corrected chi connectivity index (χ0v) is 10.1. The molecule has 1 aromatic rings. The van der Waals surface area contributed by atoms with Gasteiger partial charge in [0, 0.05) is 24.4 Å². The summed E-state index contributed by atoms with van der Waals surface area (Å²) in [7, 11) is 3.23. The van der Waals surface area contributed by atoms with E-state index in [0.717, 1.165) is 16.8 Å². The van der Waals surface area contributed by atoms with Gasteiger partial charge in [0.15, 0.2) is 0 Å². The summed E-state index contributed by atoms with van der Waals surface area (Å²) in [6.07, 6.45) is 1.49. The molecule has 5 nitrogen and oxygen atoms in total. The Morgan fingerprint density at radius 1 is 1.44 bits per heavy atom. The summed E-state index contributed by atoms with van der Waals surface area (Å²) in [6.45, 7) is 4.19. The van der Waals surface area contributed by atoms with E-state index in [1.807, 2.05) is 13.8 Å². The Hall–Kier alpha value is -1.17. The summed E-state index contributed by atoms with van der Waals surface area (Å²) in [6, 6.07) is 0. The second-order valence-electron chi connectivity index (χ2n) is 3.53. The van der Waals surface area contributed by atoms with Crippen molar-refractivity contribution in [1.29, 1.82) is 0 Å². The van der Waals surface area contributed by atoms with E-state index in [-0.39, 0.29) is 6.10 Å². The Balaban J connectivity index is 3.28. The molecule has 0 aliphatic carbocycles. The van der Waals surface area contributed by atoms with Crippen molar-refractivity contribution in [2.75, 3.05) is 14.2 Å². The quantitative estimate of drug-likeness (QED) is 0.770. The fraction of sp³-hybridized carbons (Fsp3) is 0.545. The second kappa shape index (κ2) is 5.79. The van der Waals surface area contributed by atoms with Crippen LogP contribution < -0.4 is 10.6 Å². The molecular formula is C11H18N2O3. The molecule has 0 spiro atoms. The molecule has 1 rings (SSSR count). The maximum absolute atomic E-state index is 5.33. The molecule has 0 bridgehead atoms. The first-order valence-corrected chi connectivity index (χ1v) is 5.02. The molecule has 16 heavy (non-hydrogen) atoms. The molecule has 1 atom stereocenters. The lowest BCUT2D eigenvalue weighted by Gasteiger charge is -2.18. The molecule has 0 amide bonds. The second-order valence-corrected chi connectivity index (χ2v) is 3.53. The Bertz CT molecular complexity index is 355. The number of rotatable bonds is 5. The highest BCUT2D eigenvalue weighted by atomic mass is 16.6. The SMILES string of the molecule is COCc1cnc(C)c(OC)c1C(C)ON. The lowest BCUT2D eigenvalue weighted by molar-refractivity contribution is 0.0620. The van der Waals surface area contributed by atoms with Crippen molar-refractivity contribution in [1.82, 2.24) is 4.98 Å². The van der Waals surface area contributed by atoms with Gasteiger partial charge in [0.1, 0.15) is 11.9 Å². The van der Waals surface area contributed by atoms with Crippen LogP contribution >= 0.6 is 0 Å². The molecule has 1 heterocycles. The molecule has 0 aliphatic heterocycles. The Kier molecular flexibility index (Phi) is 4.67. The van der Waals surface area contributed by atoms with Crippen molar-refractivity contribution in [3.05, 3.63) is 23.0 Å². The number of methoxy groups -OCH3 is 2. The monoisotopic (exact) mass is 226 g/mol. The van der Waals surface area contributed by atoms with E-state index < -0.39 is 0 Å². The zero-order chi connectivity index (χ0) is 12.1. The Morgan fingerprint density at radius 3 is 2.62 bits per heavy atom. The van der Waals surface area contributed by atoms with Gasteiger partial charge in [-0.15, -0.1) is 0 Å². The highest BCUT2D eigenvalue weighted by Gasteiger charge is 2.19. The first-order chi connectivity index (χ1) is 7.65. The third-order valence-corrected chi connectivity index (χ3v) is 2.45. The van der Waals surface area contributed by atoms with Crippen LogP contribution in [0.15, 0.2) is 6.20 Å². The van der Waals surface area contributed by atoms with Gasteiger partial charge in [-0.1, -0.05) is 0 Å². The van der Waals surface area contributed by atoms with Gasteiger partial charge >= 0.3 is 0 Å². The maximum atomic E-state index is 5.33. The van der Waals surface area contributed by atoms with Crippen LogP contribution in [0.5, 0.6) is 5.75 Å². The van der Waals surface area contributed by atoms with Crippen LogP contribution in [0.3, 0.4) is 0 Å². The lowest BCUT2D eigenvalue weighted by atomic mass is 10.0. The van der Waals surface area contributed by atoms with Crippen molar-refractivity contribution in [2.45, 2.75) is 26.6 Å². The van der Waals surface area contributed by atoms with Gasteiger partial charge in [-0.25, -0.2) is 5.90 Å². The van der Waals surface area contributed by atoms with Gasteiger partial charge in [-0.05, 0) is 13.8 Å². The standard InChI is InChI=1S/C11H18N2O3/c1-7-11(15-4)10(8(2)16-12)9(5-13-7)6-14-3/h5,8H,6,12H2,1-4H3. The Morgan fingerprint density at radius 2 is 2.12 bits per heavy atom. The molecule has 2 N–H and O–H groups in total. The minimum Gasteiger partial charge on any atom is -0.494 e. The number of hydrogen-bond donors (Lipinski definition) is 1. The molecule has 5 heteroatoms. The van der Waals surface area contributed by atoms with E-state index in [9.17, 15) is 0 Å². The molecule has 0 aliphatic rings. The molecule has 1 unspecified atom stereocenters. The Labute approximate surface area is 95.5 Å². The van der Waals surface area contributed by atoms with Crippen LogP contribution in [0, 0.1) is 6.92 Å². The van der Waals surface area contributed by atoms with Crippen LogP contribution in [0.25, 0.3) is 0 Å². The van der Waals surface area contributed by atoms with Crippen molar-refractivity contribution in [3.8, 4) is 5.75 Å². The van der Waals surface area contributed by atoms with Gasteiger partial charge in [-0.2, -0.15) is 0 Å². The minimum absolute atomic E-state index is 0.262. The summed E-state index contributed by atoms with van der Waals surface area (Å²) in [5, 5.41) is 0. The molecule has 0 saturated heterocycles. The molecule has 1 aromatic heterocycles. The van der Waals surface area contributed by atoms with Gasteiger partial charge in [0.05, 0.1) is 19.4 Å². The minimum atomic E-state index is -0.262. The fourth-order valence-corrected chi connectivity index (χ4v) is 1.69. The number of pyridine rings is 1. The summed E-state index contributed by atoms with van der Waals surface area (Å²) >= 11 is 0. The number of aromatic nitrogens is 1. The third kappa shape index (κ3) is 2.49. The van der Waals surface area contributed by atoms with Crippen LogP contribution in [0.4, 0.5) is 0 Å². The molecule has 0 saturated carbocycles.